The minimum atomic E-state index is -0.648. The molecule has 0 aromatic carbocycles. The lowest BCUT2D eigenvalue weighted by molar-refractivity contribution is -0.135. The number of nitrogens with zero attached hydrogens (tertiary/aromatic N) is 1. The molecule has 5 nitrogen and oxygen atoms in total. The van der Waals surface area contributed by atoms with E-state index in [1.165, 1.54) is 4.88 Å². The van der Waals surface area contributed by atoms with E-state index in [0.717, 1.165) is 6.42 Å². The van der Waals surface area contributed by atoms with E-state index in [2.05, 4.69) is 15.6 Å². The van der Waals surface area contributed by atoms with Crippen LogP contribution >= 0.6 is 11.3 Å². The third-order valence-corrected chi connectivity index (χ3v) is 2.81. The molecule has 2 amide bonds. The molecule has 0 radical (unpaired) electrons. The van der Waals surface area contributed by atoms with Crippen molar-refractivity contribution in [3.8, 4) is 0 Å². The van der Waals surface area contributed by atoms with Crippen molar-refractivity contribution in [2.24, 2.45) is 4.99 Å². The van der Waals surface area contributed by atoms with Gasteiger partial charge in [-0.3, -0.25) is 25.2 Å². The molecule has 1 aliphatic heterocycles. The van der Waals surface area contributed by atoms with Gasteiger partial charge < -0.3 is 0 Å². The van der Waals surface area contributed by atoms with Crippen molar-refractivity contribution in [3.63, 3.8) is 0 Å². The van der Waals surface area contributed by atoms with E-state index in [4.69, 9.17) is 0 Å². The number of hydrogen-bond donors (Lipinski definition) is 2. The molecule has 2 N–H and O–H groups in total. The highest BCUT2D eigenvalue weighted by atomic mass is 32.1. The minimum absolute atomic E-state index is 0.251. The molecule has 78 valence electrons. The zero-order chi connectivity index (χ0) is 10.7. The maximum atomic E-state index is 10.8. The molecule has 1 saturated heterocycles. The van der Waals surface area contributed by atoms with Crippen LogP contribution in [-0.2, 0) is 16.0 Å². The van der Waals surface area contributed by atoms with Crippen LogP contribution in [0.1, 0.15) is 4.88 Å². The van der Waals surface area contributed by atoms with Gasteiger partial charge in [0.15, 0.2) is 0 Å². The lowest BCUT2D eigenvalue weighted by atomic mass is 10.3. The van der Waals surface area contributed by atoms with Gasteiger partial charge in [0.25, 0.3) is 0 Å². The van der Waals surface area contributed by atoms with Gasteiger partial charge >= 0.3 is 11.8 Å². The molecule has 1 aromatic heterocycles. The minimum Gasteiger partial charge on any atom is -0.288 e. The number of amides is 2. The van der Waals surface area contributed by atoms with E-state index in [0.29, 0.717) is 6.54 Å². The number of guanidine groups is 1. The SMILES string of the molecule is O=C1NC(=NCCc2cccs2)NC1=O. The van der Waals surface area contributed by atoms with E-state index < -0.39 is 11.8 Å². The Morgan fingerprint density at radius 2 is 2.00 bits per heavy atom. The Morgan fingerprint density at radius 3 is 2.60 bits per heavy atom. The molecule has 1 fully saturated rings. The number of rotatable bonds is 3. The highest BCUT2D eigenvalue weighted by Crippen LogP contribution is 2.08. The summed E-state index contributed by atoms with van der Waals surface area (Å²) in [6.45, 7) is 0.552. The summed E-state index contributed by atoms with van der Waals surface area (Å²) in [6.07, 6.45) is 0.812. The number of carbonyl (C=O) groups is 2. The van der Waals surface area contributed by atoms with Crippen LogP contribution in [-0.4, -0.2) is 24.3 Å². The normalized spacial score (nSPS) is 15.1. The Kier molecular flexibility index (Phi) is 2.77. The second-order valence-electron chi connectivity index (χ2n) is 2.97. The number of thiophene rings is 1. The van der Waals surface area contributed by atoms with E-state index >= 15 is 0 Å². The van der Waals surface area contributed by atoms with Crippen LogP contribution in [0.3, 0.4) is 0 Å². The molecule has 0 bridgehead atoms. The topological polar surface area (TPSA) is 70.6 Å². The predicted molar refractivity (Wildman–Crippen MR) is 56.6 cm³/mol. The van der Waals surface area contributed by atoms with Crippen LogP contribution < -0.4 is 10.6 Å². The lowest BCUT2D eigenvalue weighted by Crippen LogP contribution is -2.26. The third kappa shape index (κ3) is 2.41. The van der Waals surface area contributed by atoms with E-state index in [1.54, 1.807) is 11.3 Å². The molecule has 1 aromatic rings. The van der Waals surface area contributed by atoms with Gasteiger partial charge in [0.05, 0.1) is 0 Å². The van der Waals surface area contributed by atoms with Crippen LogP contribution in [0.5, 0.6) is 0 Å². The number of carbonyl (C=O) groups excluding carboxylic acids is 2. The molecule has 1 aliphatic rings. The smallest absolute Gasteiger partial charge is 0.288 e. The number of nitrogens with one attached hydrogen (secondary N) is 2. The maximum Gasteiger partial charge on any atom is 0.316 e. The molecular formula is C9H9N3O2S. The Bertz CT molecular complexity index is 393. The average molecular weight is 223 g/mol. The fourth-order valence-corrected chi connectivity index (χ4v) is 1.87. The summed E-state index contributed by atoms with van der Waals surface area (Å²) in [4.78, 5) is 26.8. The van der Waals surface area contributed by atoms with Gasteiger partial charge in [0.1, 0.15) is 0 Å². The van der Waals surface area contributed by atoms with Crippen LogP contribution in [0.2, 0.25) is 0 Å². The Hall–Kier alpha value is -1.69. The highest BCUT2D eigenvalue weighted by molar-refractivity contribution is 7.09. The fraction of sp³-hybridized carbons (Fsp3) is 0.222. The quantitative estimate of drug-likeness (QED) is 0.702. The molecule has 2 rings (SSSR count). The average Bonchev–Trinajstić information content (AvgIpc) is 2.79. The van der Waals surface area contributed by atoms with Crippen LogP contribution in [0.4, 0.5) is 0 Å². The molecule has 0 unspecified atom stereocenters. The first kappa shape index (κ1) is 9.85. The van der Waals surface area contributed by atoms with Crippen molar-refractivity contribution >= 4 is 29.1 Å². The molecule has 2 heterocycles. The summed E-state index contributed by atoms with van der Waals surface area (Å²) < 4.78 is 0. The van der Waals surface area contributed by atoms with Gasteiger partial charge in [0, 0.05) is 17.8 Å². The summed E-state index contributed by atoms with van der Waals surface area (Å²) in [7, 11) is 0. The van der Waals surface area contributed by atoms with Crippen molar-refractivity contribution in [2.75, 3.05) is 6.54 Å². The summed E-state index contributed by atoms with van der Waals surface area (Å²) in [5, 5.41) is 6.68. The monoisotopic (exact) mass is 223 g/mol. The maximum absolute atomic E-state index is 10.8. The van der Waals surface area contributed by atoms with Gasteiger partial charge in [-0.15, -0.1) is 11.3 Å². The predicted octanol–water partition coefficient (Wildman–Crippen LogP) is -0.107. The van der Waals surface area contributed by atoms with Crippen molar-refractivity contribution in [1.82, 2.24) is 10.6 Å². The third-order valence-electron chi connectivity index (χ3n) is 1.88. The number of hydrogen-bond acceptors (Lipinski definition) is 4. The first-order valence-corrected chi connectivity index (χ1v) is 5.33. The summed E-state index contributed by atoms with van der Waals surface area (Å²) in [6, 6.07) is 4.00. The van der Waals surface area contributed by atoms with Crippen LogP contribution in [0.25, 0.3) is 0 Å². The standard InChI is InChI=1S/C9H9N3O2S/c13-7-8(14)12-9(11-7)10-4-3-6-2-1-5-15-6/h1-2,5H,3-4H2,(H2,10,11,12,13,14). The summed E-state index contributed by atoms with van der Waals surface area (Å²) >= 11 is 1.66. The molecule has 0 atom stereocenters. The first-order chi connectivity index (χ1) is 7.25. The second-order valence-corrected chi connectivity index (χ2v) is 4.00. The Balaban J connectivity index is 1.85. The fourth-order valence-electron chi connectivity index (χ4n) is 1.17. The van der Waals surface area contributed by atoms with Gasteiger partial charge in [-0.1, -0.05) is 6.07 Å². The van der Waals surface area contributed by atoms with Gasteiger partial charge in [-0.2, -0.15) is 0 Å². The number of aliphatic imine (C=N–C) groups is 1. The largest absolute Gasteiger partial charge is 0.316 e. The van der Waals surface area contributed by atoms with E-state index in [1.807, 2.05) is 17.5 Å². The summed E-state index contributed by atoms with van der Waals surface area (Å²) in [5.74, 6) is -1.05. The van der Waals surface area contributed by atoms with Crippen molar-refractivity contribution < 1.29 is 9.59 Å². The highest BCUT2D eigenvalue weighted by Gasteiger charge is 2.24. The second kappa shape index (κ2) is 4.22. The molecule has 0 spiro atoms. The summed E-state index contributed by atoms with van der Waals surface area (Å²) in [5.41, 5.74) is 0. The van der Waals surface area contributed by atoms with Crippen molar-refractivity contribution in [3.05, 3.63) is 22.4 Å². The van der Waals surface area contributed by atoms with Crippen LogP contribution in [0.15, 0.2) is 22.5 Å². The van der Waals surface area contributed by atoms with Crippen molar-refractivity contribution in [1.29, 1.82) is 0 Å². The van der Waals surface area contributed by atoms with E-state index in [9.17, 15) is 9.59 Å². The van der Waals surface area contributed by atoms with Gasteiger partial charge in [0.2, 0.25) is 5.96 Å². The zero-order valence-electron chi connectivity index (χ0n) is 7.82. The molecule has 0 aliphatic carbocycles. The molecule has 6 heteroatoms. The first-order valence-electron chi connectivity index (χ1n) is 4.45. The Labute approximate surface area is 90.2 Å². The van der Waals surface area contributed by atoms with Crippen molar-refractivity contribution in [2.45, 2.75) is 6.42 Å². The van der Waals surface area contributed by atoms with E-state index in [-0.39, 0.29) is 5.96 Å². The molecule has 0 saturated carbocycles. The van der Waals surface area contributed by atoms with Crippen LogP contribution in [0, 0.1) is 0 Å². The molecule has 15 heavy (non-hydrogen) atoms. The Morgan fingerprint density at radius 1 is 1.27 bits per heavy atom. The van der Waals surface area contributed by atoms with Gasteiger partial charge in [-0.05, 0) is 11.4 Å². The zero-order valence-corrected chi connectivity index (χ0v) is 8.63. The van der Waals surface area contributed by atoms with Gasteiger partial charge in [-0.25, -0.2) is 0 Å². The molecular weight excluding hydrogens is 214 g/mol. The lowest BCUT2D eigenvalue weighted by Gasteiger charge is -1.95.